The molecule has 0 radical (unpaired) electrons. The van der Waals surface area contributed by atoms with Gasteiger partial charge in [0.05, 0.1) is 0 Å². The zero-order chi connectivity index (χ0) is 11.8. The number of hydrogen-bond acceptors (Lipinski definition) is 2. The largest absolute Gasteiger partial charge is 0.372 e. The fourth-order valence-electron chi connectivity index (χ4n) is 2.42. The number of hydrogen-bond donors (Lipinski definition) is 1. The number of amides is 1. The lowest BCUT2D eigenvalue weighted by Crippen LogP contribution is -2.39. The Hall–Kier alpha value is -0.570. The average Bonchev–Trinajstić information content (AvgIpc) is 2.54. The third kappa shape index (κ3) is 4.97. The number of rotatable bonds is 5. The molecule has 0 aromatic carbocycles. The summed E-state index contributed by atoms with van der Waals surface area (Å²) in [6.45, 7) is 4.83. The molecule has 0 saturated heterocycles. The first-order valence-electron chi connectivity index (χ1n) is 6.61. The van der Waals surface area contributed by atoms with E-state index in [1.54, 1.807) is 0 Å². The molecule has 1 N–H and O–H groups in total. The summed E-state index contributed by atoms with van der Waals surface area (Å²) in [4.78, 5) is 11.5. The van der Waals surface area contributed by atoms with E-state index in [2.05, 4.69) is 12.2 Å². The van der Waals surface area contributed by atoms with Gasteiger partial charge in [0.1, 0.15) is 6.61 Å². The zero-order valence-corrected chi connectivity index (χ0v) is 10.6. The van der Waals surface area contributed by atoms with Gasteiger partial charge in [-0.25, -0.2) is 0 Å². The first kappa shape index (κ1) is 13.5. The van der Waals surface area contributed by atoms with E-state index < -0.39 is 0 Å². The minimum atomic E-state index is 0.0265. The predicted octanol–water partition coefficient (Wildman–Crippen LogP) is 2.50. The Labute approximate surface area is 98.9 Å². The smallest absolute Gasteiger partial charge is 0.246 e. The zero-order valence-electron chi connectivity index (χ0n) is 10.6. The van der Waals surface area contributed by atoms with Crippen LogP contribution in [0, 0.1) is 5.92 Å². The van der Waals surface area contributed by atoms with Crippen LogP contribution in [-0.4, -0.2) is 25.2 Å². The van der Waals surface area contributed by atoms with Crippen LogP contribution in [0.3, 0.4) is 0 Å². The van der Waals surface area contributed by atoms with Gasteiger partial charge in [-0.1, -0.05) is 25.7 Å². The van der Waals surface area contributed by atoms with Crippen LogP contribution in [0.1, 0.15) is 52.4 Å². The van der Waals surface area contributed by atoms with Crippen LogP contribution in [0.5, 0.6) is 0 Å². The molecule has 0 unspecified atom stereocenters. The molecule has 1 atom stereocenters. The molecule has 16 heavy (non-hydrogen) atoms. The standard InChI is InChI=1S/C13H25NO2/c1-3-16-10-13(15)14-11(2)12-8-6-4-5-7-9-12/h11-12H,3-10H2,1-2H3,(H,14,15)/t11-/m0/s1. The van der Waals surface area contributed by atoms with Crippen LogP contribution in [0.2, 0.25) is 0 Å². The van der Waals surface area contributed by atoms with Crippen LogP contribution >= 0.6 is 0 Å². The molecule has 0 heterocycles. The Bertz CT molecular complexity index is 198. The van der Waals surface area contributed by atoms with Crippen molar-refractivity contribution < 1.29 is 9.53 Å². The lowest BCUT2D eigenvalue weighted by atomic mass is 9.93. The van der Waals surface area contributed by atoms with Crippen molar-refractivity contribution in [2.45, 2.75) is 58.4 Å². The maximum atomic E-state index is 11.5. The van der Waals surface area contributed by atoms with E-state index in [4.69, 9.17) is 4.74 Å². The molecule has 1 aliphatic carbocycles. The van der Waals surface area contributed by atoms with Crippen LogP contribution in [-0.2, 0) is 9.53 Å². The molecule has 0 aromatic rings. The van der Waals surface area contributed by atoms with Gasteiger partial charge in [-0.15, -0.1) is 0 Å². The van der Waals surface area contributed by atoms with Crippen LogP contribution in [0.4, 0.5) is 0 Å². The van der Waals surface area contributed by atoms with E-state index in [0.717, 1.165) is 0 Å². The number of carbonyl (C=O) groups is 1. The van der Waals surface area contributed by atoms with Crippen molar-refractivity contribution in [2.24, 2.45) is 5.92 Å². The van der Waals surface area contributed by atoms with Crippen molar-refractivity contribution in [1.82, 2.24) is 5.32 Å². The molecule has 1 fully saturated rings. The third-order valence-corrected chi connectivity index (χ3v) is 3.43. The number of nitrogens with one attached hydrogen (secondary N) is 1. The highest BCUT2D eigenvalue weighted by Crippen LogP contribution is 2.25. The van der Waals surface area contributed by atoms with E-state index >= 15 is 0 Å². The maximum absolute atomic E-state index is 11.5. The highest BCUT2D eigenvalue weighted by molar-refractivity contribution is 5.77. The molecule has 1 aliphatic rings. The van der Waals surface area contributed by atoms with E-state index in [9.17, 15) is 4.79 Å². The predicted molar refractivity (Wildman–Crippen MR) is 65.3 cm³/mol. The van der Waals surface area contributed by atoms with Gasteiger partial charge in [-0.05, 0) is 32.6 Å². The van der Waals surface area contributed by atoms with Crippen molar-refractivity contribution in [2.75, 3.05) is 13.2 Å². The van der Waals surface area contributed by atoms with Gasteiger partial charge in [0, 0.05) is 12.6 Å². The SMILES string of the molecule is CCOCC(=O)N[C@@H](C)C1CCCCCC1. The summed E-state index contributed by atoms with van der Waals surface area (Å²) in [5.41, 5.74) is 0. The van der Waals surface area contributed by atoms with E-state index in [-0.39, 0.29) is 12.5 Å². The number of carbonyl (C=O) groups excluding carboxylic acids is 1. The van der Waals surface area contributed by atoms with Gasteiger partial charge in [0.25, 0.3) is 0 Å². The van der Waals surface area contributed by atoms with Gasteiger partial charge in [0.2, 0.25) is 5.91 Å². The minimum Gasteiger partial charge on any atom is -0.372 e. The molecule has 94 valence electrons. The molecule has 0 spiro atoms. The Morgan fingerprint density at radius 1 is 1.31 bits per heavy atom. The number of ether oxygens (including phenoxy) is 1. The molecule has 0 aliphatic heterocycles. The monoisotopic (exact) mass is 227 g/mol. The van der Waals surface area contributed by atoms with Crippen LogP contribution in [0.25, 0.3) is 0 Å². The summed E-state index contributed by atoms with van der Waals surface area (Å²) < 4.78 is 5.10. The fourth-order valence-corrected chi connectivity index (χ4v) is 2.42. The summed E-state index contributed by atoms with van der Waals surface area (Å²) in [6, 6.07) is 0.297. The normalized spacial score (nSPS) is 20.1. The van der Waals surface area contributed by atoms with Gasteiger partial charge in [0.15, 0.2) is 0 Å². The first-order chi connectivity index (χ1) is 7.74. The Kier molecular flexibility index (Phi) is 6.46. The summed E-state index contributed by atoms with van der Waals surface area (Å²) in [7, 11) is 0. The third-order valence-electron chi connectivity index (χ3n) is 3.43. The van der Waals surface area contributed by atoms with Crippen LogP contribution in [0.15, 0.2) is 0 Å². The second-order valence-corrected chi connectivity index (χ2v) is 4.74. The quantitative estimate of drug-likeness (QED) is 0.733. The summed E-state index contributed by atoms with van der Waals surface area (Å²) in [6.07, 6.45) is 7.87. The lowest BCUT2D eigenvalue weighted by Gasteiger charge is -2.23. The second kappa shape index (κ2) is 7.66. The molecular weight excluding hydrogens is 202 g/mol. The Morgan fingerprint density at radius 3 is 2.50 bits per heavy atom. The Balaban J connectivity index is 2.26. The maximum Gasteiger partial charge on any atom is 0.246 e. The molecule has 3 heteroatoms. The summed E-state index contributed by atoms with van der Waals surface area (Å²) >= 11 is 0. The Morgan fingerprint density at radius 2 is 1.94 bits per heavy atom. The van der Waals surface area contributed by atoms with E-state index in [1.807, 2.05) is 6.92 Å². The molecule has 1 amide bonds. The molecule has 0 aromatic heterocycles. The summed E-state index contributed by atoms with van der Waals surface area (Å²) in [5, 5.41) is 3.05. The van der Waals surface area contributed by atoms with Gasteiger partial charge in [-0.2, -0.15) is 0 Å². The highest BCUT2D eigenvalue weighted by Gasteiger charge is 2.20. The van der Waals surface area contributed by atoms with Crippen LogP contribution < -0.4 is 5.32 Å². The fraction of sp³-hybridized carbons (Fsp3) is 0.923. The van der Waals surface area contributed by atoms with Crippen molar-refractivity contribution in [3.05, 3.63) is 0 Å². The summed E-state index contributed by atoms with van der Waals surface area (Å²) in [5.74, 6) is 0.687. The average molecular weight is 227 g/mol. The van der Waals surface area contributed by atoms with Crippen molar-refractivity contribution in [3.63, 3.8) is 0 Å². The molecule has 1 rings (SSSR count). The van der Waals surface area contributed by atoms with E-state index in [0.29, 0.717) is 18.6 Å². The van der Waals surface area contributed by atoms with Crippen molar-refractivity contribution in [1.29, 1.82) is 0 Å². The molecule has 3 nitrogen and oxygen atoms in total. The molecule has 0 bridgehead atoms. The minimum absolute atomic E-state index is 0.0265. The first-order valence-corrected chi connectivity index (χ1v) is 6.61. The lowest BCUT2D eigenvalue weighted by molar-refractivity contribution is -0.126. The molecule has 1 saturated carbocycles. The highest BCUT2D eigenvalue weighted by atomic mass is 16.5. The van der Waals surface area contributed by atoms with Gasteiger partial charge in [-0.3, -0.25) is 4.79 Å². The molecular formula is C13H25NO2. The van der Waals surface area contributed by atoms with Gasteiger partial charge < -0.3 is 10.1 Å². The van der Waals surface area contributed by atoms with Crippen molar-refractivity contribution in [3.8, 4) is 0 Å². The second-order valence-electron chi connectivity index (χ2n) is 4.74. The van der Waals surface area contributed by atoms with Crippen molar-refractivity contribution >= 4 is 5.91 Å². The van der Waals surface area contributed by atoms with Gasteiger partial charge >= 0.3 is 0 Å². The van der Waals surface area contributed by atoms with E-state index in [1.165, 1.54) is 38.5 Å². The topological polar surface area (TPSA) is 38.3 Å².